The van der Waals surface area contributed by atoms with Crippen LogP contribution in [-0.2, 0) is 0 Å². The molecule has 0 atom stereocenters. The largest absolute Gasteiger partial charge is 0.382 e. The van der Waals surface area contributed by atoms with Crippen molar-refractivity contribution in [2.24, 2.45) is 0 Å². The van der Waals surface area contributed by atoms with Gasteiger partial charge < -0.3 is 15.5 Å². The van der Waals surface area contributed by atoms with Crippen molar-refractivity contribution >= 4 is 28.8 Å². The molecule has 1 aliphatic rings. The fourth-order valence-electron chi connectivity index (χ4n) is 3.91. The molecule has 0 aliphatic carbocycles. The van der Waals surface area contributed by atoms with Crippen LogP contribution in [-0.4, -0.2) is 52.8 Å². The summed E-state index contributed by atoms with van der Waals surface area (Å²) in [5.41, 5.74) is 8.04. The Morgan fingerprint density at radius 3 is 2.47 bits per heavy atom. The number of aromatic nitrogens is 2. The summed E-state index contributed by atoms with van der Waals surface area (Å²) in [6.07, 6.45) is 1.48. The highest BCUT2D eigenvalue weighted by atomic mass is 16.6. The Bertz CT molecular complexity index is 1340. The molecule has 0 amide bonds. The van der Waals surface area contributed by atoms with Gasteiger partial charge in [-0.25, -0.2) is 4.68 Å². The zero-order valence-electron chi connectivity index (χ0n) is 18.5. The van der Waals surface area contributed by atoms with E-state index in [-0.39, 0.29) is 28.3 Å². The third kappa shape index (κ3) is 4.31. The molecular formula is C24H22N8O2. The summed E-state index contributed by atoms with van der Waals surface area (Å²) in [6, 6.07) is 18.0. The standard InChI is InChI=1S/C24H22N8O2/c1-29-9-11-30(12-10-29)21-8-7-17(14-22(21)32(33)34)13-18(15-25)23-20(16-26)24(27)31(28-23)19-5-3-2-4-6-19/h2-8,13-14H,9-12,27H2,1H3. The Kier molecular flexibility index (Phi) is 6.26. The maximum Gasteiger partial charge on any atom is 0.293 e. The molecule has 0 unspecified atom stereocenters. The number of nitrogens with two attached hydrogens (primary N) is 1. The van der Waals surface area contributed by atoms with Crippen LogP contribution in [0.5, 0.6) is 0 Å². The van der Waals surface area contributed by atoms with E-state index in [1.54, 1.807) is 24.3 Å². The molecule has 2 heterocycles. The van der Waals surface area contributed by atoms with Gasteiger partial charge in [0.25, 0.3) is 5.69 Å². The molecule has 1 aromatic heterocycles. The number of piperazine rings is 1. The van der Waals surface area contributed by atoms with Gasteiger partial charge in [-0.05, 0) is 36.9 Å². The smallest absolute Gasteiger partial charge is 0.293 e. The van der Waals surface area contributed by atoms with Gasteiger partial charge in [-0.2, -0.15) is 15.6 Å². The van der Waals surface area contributed by atoms with Crippen molar-refractivity contribution in [3.8, 4) is 17.8 Å². The van der Waals surface area contributed by atoms with Crippen LogP contribution in [0, 0.1) is 32.8 Å². The number of para-hydroxylation sites is 1. The fraction of sp³-hybridized carbons (Fsp3) is 0.208. The van der Waals surface area contributed by atoms with Gasteiger partial charge in [0.2, 0.25) is 0 Å². The van der Waals surface area contributed by atoms with E-state index in [0.717, 1.165) is 13.1 Å². The molecule has 2 aromatic carbocycles. The number of nitriles is 2. The zero-order valence-corrected chi connectivity index (χ0v) is 18.5. The lowest BCUT2D eigenvalue weighted by molar-refractivity contribution is -0.384. The molecule has 1 aliphatic heterocycles. The highest BCUT2D eigenvalue weighted by molar-refractivity contribution is 5.92. The van der Waals surface area contributed by atoms with Crippen LogP contribution in [0.3, 0.4) is 0 Å². The predicted octanol–water partition coefficient (Wildman–Crippen LogP) is 3.05. The Morgan fingerprint density at radius 1 is 1.15 bits per heavy atom. The molecule has 10 heteroatoms. The highest BCUT2D eigenvalue weighted by Crippen LogP contribution is 2.32. The second-order valence-electron chi connectivity index (χ2n) is 7.93. The molecule has 0 radical (unpaired) electrons. The Morgan fingerprint density at radius 2 is 1.85 bits per heavy atom. The average molecular weight is 454 g/mol. The van der Waals surface area contributed by atoms with E-state index >= 15 is 0 Å². The van der Waals surface area contributed by atoms with E-state index < -0.39 is 4.92 Å². The summed E-state index contributed by atoms with van der Waals surface area (Å²) in [7, 11) is 2.02. The number of benzene rings is 2. The molecule has 2 N–H and O–H groups in total. The number of hydrogen-bond acceptors (Lipinski definition) is 8. The first-order valence-corrected chi connectivity index (χ1v) is 10.6. The van der Waals surface area contributed by atoms with E-state index in [4.69, 9.17) is 5.73 Å². The summed E-state index contributed by atoms with van der Waals surface area (Å²) in [5, 5.41) is 35.7. The van der Waals surface area contributed by atoms with Crippen LogP contribution in [0.4, 0.5) is 17.2 Å². The number of nitro groups is 1. The Balaban J connectivity index is 1.75. The molecule has 0 saturated carbocycles. The minimum Gasteiger partial charge on any atom is -0.382 e. The van der Waals surface area contributed by atoms with Crippen molar-refractivity contribution in [3.05, 3.63) is 75.5 Å². The number of allylic oxidation sites excluding steroid dienone is 1. The van der Waals surface area contributed by atoms with E-state index in [2.05, 4.69) is 16.1 Å². The minimum atomic E-state index is -0.417. The molecule has 0 spiro atoms. The Hall–Kier alpha value is -4.67. The lowest BCUT2D eigenvalue weighted by Crippen LogP contribution is -2.44. The van der Waals surface area contributed by atoms with Gasteiger partial charge in [0.1, 0.15) is 34.9 Å². The Labute approximate surface area is 196 Å². The molecule has 1 saturated heterocycles. The second kappa shape index (κ2) is 9.45. The third-order valence-corrected chi connectivity index (χ3v) is 5.76. The zero-order chi connectivity index (χ0) is 24.2. The van der Waals surface area contributed by atoms with Crippen molar-refractivity contribution in [3.63, 3.8) is 0 Å². The number of nitrogen functional groups attached to an aromatic ring is 1. The van der Waals surface area contributed by atoms with Crippen molar-refractivity contribution in [2.75, 3.05) is 43.9 Å². The number of hydrogen-bond donors (Lipinski definition) is 1. The average Bonchev–Trinajstić information content (AvgIpc) is 3.19. The van der Waals surface area contributed by atoms with Crippen LogP contribution in [0.25, 0.3) is 17.3 Å². The lowest BCUT2D eigenvalue weighted by atomic mass is 10.0. The molecule has 3 aromatic rings. The maximum atomic E-state index is 11.8. The van der Waals surface area contributed by atoms with Crippen LogP contribution in [0.15, 0.2) is 48.5 Å². The van der Waals surface area contributed by atoms with Crippen molar-refractivity contribution in [1.29, 1.82) is 10.5 Å². The summed E-state index contributed by atoms with van der Waals surface area (Å²) in [5.74, 6) is 0.112. The van der Waals surface area contributed by atoms with Gasteiger partial charge in [0.15, 0.2) is 0 Å². The van der Waals surface area contributed by atoms with Gasteiger partial charge >= 0.3 is 0 Å². The summed E-state index contributed by atoms with van der Waals surface area (Å²) in [6.45, 7) is 3.02. The quantitative estimate of drug-likeness (QED) is 0.352. The number of rotatable bonds is 5. The fourth-order valence-corrected chi connectivity index (χ4v) is 3.91. The number of nitro benzene ring substituents is 1. The first-order chi connectivity index (χ1) is 16.4. The molecule has 0 bridgehead atoms. The maximum absolute atomic E-state index is 11.8. The van der Waals surface area contributed by atoms with Gasteiger partial charge in [0.05, 0.1) is 16.2 Å². The number of likely N-dealkylation sites (N-methyl/N-ethyl adjacent to an activating group) is 1. The lowest BCUT2D eigenvalue weighted by Gasteiger charge is -2.33. The summed E-state index contributed by atoms with van der Waals surface area (Å²) in [4.78, 5) is 15.6. The van der Waals surface area contributed by atoms with Gasteiger partial charge in [-0.1, -0.05) is 24.3 Å². The van der Waals surface area contributed by atoms with Crippen LogP contribution in [0.1, 0.15) is 16.8 Å². The van der Waals surface area contributed by atoms with E-state index in [9.17, 15) is 20.6 Å². The van der Waals surface area contributed by atoms with Gasteiger partial charge in [0, 0.05) is 32.2 Å². The molecule has 1 fully saturated rings. The molecule has 170 valence electrons. The van der Waals surface area contributed by atoms with E-state index in [1.807, 2.05) is 36.2 Å². The third-order valence-electron chi connectivity index (χ3n) is 5.76. The minimum absolute atomic E-state index is 0.0366. The monoisotopic (exact) mass is 454 g/mol. The van der Waals surface area contributed by atoms with Gasteiger partial charge in [-0.15, -0.1) is 0 Å². The molecule has 10 nitrogen and oxygen atoms in total. The van der Waals surface area contributed by atoms with Crippen LogP contribution >= 0.6 is 0 Å². The van der Waals surface area contributed by atoms with E-state index in [1.165, 1.54) is 16.8 Å². The first-order valence-electron chi connectivity index (χ1n) is 10.6. The van der Waals surface area contributed by atoms with Crippen LogP contribution in [0.2, 0.25) is 0 Å². The number of nitrogens with zero attached hydrogens (tertiary/aromatic N) is 7. The molecule has 34 heavy (non-hydrogen) atoms. The molecule has 4 rings (SSSR count). The van der Waals surface area contributed by atoms with E-state index in [0.29, 0.717) is 30.0 Å². The topological polar surface area (TPSA) is 141 Å². The second-order valence-corrected chi connectivity index (χ2v) is 7.93. The first kappa shape index (κ1) is 22.5. The van der Waals surface area contributed by atoms with Crippen molar-refractivity contribution < 1.29 is 4.92 Å². The molecular weight excluding hydrogens is 432 g/mol. The predicted molar refractivity (Wildman–Crippen MR) is 129 cm³/mol. The van der Waals surface area contributed by atoms with Gasteiger partial charge in [-0.3, -0.25) is 10.1 Å². The van der Waals surface area contributed by atoms with Crippen molar-refractivity contribution in [2.45, 2.75) is 0 Å². The SMILES string of the molecule is CN1CCN(c2ccc(C=C(C#N)c3nn(-c4ccccc4)c(N)c3C#N)cc2[N+](=O)[O-])CC1. The van der Waals surface area contributed by atoms with Crippen molar-refractivity contribution in [1.82, 2.24) is 14.7 Å². The van der Waals surface area contributed by atoms with Crippen LogP contribution < -0.4 is 10.6 Å². The summed E-state index contributed by atoms with van der Waals surface area (Å²) < 4.78 is 1.40. The summed E-state index contributed by atoms with van der Waals surface area (Å²) >= 11 is 0. The normalized spacial score (nSPS) is 14.4. The number of anilines is 2. The highest BCUT2D eigenvalue weighted by Gasteiger charge is 2.24.